The third-order valence-corrected chi connectivity index (χ3v) is 5.36. The Bertz CT molecular complexity index is 1120. The fourth-order valence-electron chi connectivity index (χ4n) is 2.75. The van der Waals surface area contributed by atoms with E-state index < -0.39 is 0 Å². The minimum Gasteiger partial charge on any atom is -0.347 e. The van der Waals surface area contributed by atoms with Gasteiger partial charge in [-0.15, -0.1) is 5.10 Å². The smallest absolute Gasteiger partial charge is 0.274 e. The first-order valence-corrected chi connectivity index (χ1v) is 10.5. The molecule has 7 nitrogen and oxygen atoms in total. The molecule has 9 heteroatoms. The first kappa shape index (κ1) is 20.1. The summed E-state index contributed by atoms with van der Waals surface area (Å²) in [4.78, 5) is 21.3. The highest BCUT2D eigenvalue weighted by Gasteiger charge is 2.21. The molecule has 1 N–H and O–H groups in total. The van der Waals surface area contributed by atoms with Crippen molar-refractivity contribution in [3.8, 4) is 5.69 Å². The Balaban J connectivity index is 1.57. The Morgan fingerprint density at radius 2 is 1.73 bits per heavy atom. The van der Waals surface area contributed by atoms with Crippen LogP contribution in [0.2, 0.25) is 5.02 Å². The number of amides is 1. The van der Waals surface area contributed by atoms with Crippen molar-refractivity contribution in [1.29, 1.82) is 0 Å². The molecule has 2 heterocycles. The number of para-hydroxylation sites is 1. The highest BCUT2D eigenvalue weighted by atomic mass is 35.5. The average molecular weight is 437 g/mol. The van der Waals surface area contributed by atoms with Crippen LogP contribution in [0.15, 0.2) is 78.2 Å². The number of hydrogen-bond acceptors (Lipinski definition) is 6. The summed E-state index contributed by atoms with van der Waals surface area (Å²) in [6, 6.07) is 18.6. The van der Waals surface area contributed by atoms with Crippen LogP contribution in [0.25, 0.3) is 5.69 Å². The second-order valence-corrected chi connectivity index (χ2v) is 7.64. The molecular weight excluding hydrogens is 420 g/mol. The van der Waals surface area contributed by atoms with Gasteiger partial charge in [0.1, 0.15) is 0 Å². The molecule has 0 saturated carbocycles. The minimum atomic E-state index is -0.295. The van der Waals surface area contributed by atoms with Crippen molar-refractivity contribution >= 4 is 29.3 Å². The van der Waals surface area contributed by atoms with Gasteiger partial charge in [-0.25, -0.2) is 14.6 Å². The van der Waals surface area contributed by atoms with Gasteiger partial charge < -0.3 is 5.32 Å². The van der Waals surface area contributed by atoms with Gasteiger partial charge >= 0.3 is 0 Å². The molecule has 4 rings (SSSR count). The molecule has 0 fully saturated rings. The summed E-state index contributed by atoms with van der Waals surface area (Å²) in [5.74, 6) is 0.145. The number of thioether (sulfide) groups is 1. The standard InChI is InChI=1S/C21H17ClN6OS/c22-16-9-7-15(8-10-16)13-25-20(29)19-18(14-30-21-23-11-4-12-24-21)28(27-26-19)17-5-2-1-3-6-17/h1-12H,13-14H2,(H,25,29). The van der Waals surface area contributed by atoms with Crippen LogP contribution in [-0.2, 0) is 12.3 Å². The highest BCUT2D eigenvalue weighted by molar-refractivity contribution is 7.98. The average Bonchev–Trinajstić information content (AvgIpc) is 3.22. The van der Waals surface area contributed by atoms with Crippen LogP contribution >= 0.6 is 23.4 Å². The predicted octanol–water partition coefficient (Wildman–Crippen LogP) is 3.93. The molecule has 0 aliphatic heterocycles. The monoisotopic (exact) mass is 436 g/mol. The van der Waals surface area contributed by atoms with Crippen LogP contribution in [0, 0.1) is 0 Å². The van der Waals surface area contributed by atoms with E-state index in [1.165, 1.54) is 11.8 Å². The van der Waals surface area contributed by atoms with Gasteiger partial charge in [0.2, 0.25) is 0 Å². The molecule has 0 bridgehead atoms. The minimum absolute atomic E-state index is 0.274. The Morgan fingerprint density at radius 3 is 2.47 bits per heavy atom. The van der Waals surface area contributed by atoms with E-state index in [2.05, 4.69) is 25.6 Å². The molecule has 1 amide bonds. The lowest BCUT2D eigenvalue weighted by Crippen LogP contribution is -2.24. The number of carbonyl (C=O) groups excluding carboxylic acids is 1. The van der Waals surface area contributed by atoms with E-state index in [-0.39, 0.29) is 11.6 Å². The molecule has 0 saturated heterocycles. The number of nitrogens with zero attached hydrogens (tertiary/aromatic N) is 5. The second-order valence-electron chi connectivity index (χ2n) is 6.26. The molecule has 2 aromatic carbocycles. The first-order valence-electron chi connectivity index (χ1n) is 9.13. The third kappa shape index (κ3) is 4.84. The molecule has 0 radical (unpaired) electrons. The Labute approximate surface area is 182 Å². The van der Waals surface area contributed by atoms with Crippen LogP contribution in [0.3, 0.4) is 0 Å². The van der Waals surface area contributed by atoms with E-state index >= 15 is 0 Å². The molecule has 0 atom stereocenters. The summed E-state index contributed by atoms with van der Waals surface area (Å²) in [6.45, 7) is 0.364. The van der Waals surface area contributed by atoms with Gasteiger partial charge in [-0.1, -0.05) is 58.9 Å². The van der Waals surface area contributed by atoms with E-state index in [1.807, 2.05) is 42.5 Å². The van der Waals surface area contributed by atoms with Gasteiger partial charge in [0.25, 0.3) is 5.91 Å². The van der Waals surface area contributed by atoms with Gasteiger partial charge in [-0.3, -0.25) is 4.79 Å². The molecule has 150 valence electrons. The molecule has 0 aliphatic carbocycles. The number of aromatic nitrogens is 5. The maximum absolute atomic E-state index is 12.9. The van der Waals surface area contributed by atoms with Crippen molar-refractivity contribution in [1.82, 2.24) is 30.3 Å². The van der Waals surface area contributed by atoms with Crippen molar-refractivity contribution in [3.63, 3.8) is 0 Å². The maximum atomic E-state index is 12.9. The molecule has 30 heavy (non-hydrogen) atoms. The fourth-order valence-corrected chi connectivity index (χ4v) is 3.67. The lowest BCUT2D eigenvalue weighted by Gasteiger charge is -2.08. The summed E-state index contributed by atoms with van der Waals surface area (Å²) in [7, 11) is 0. The number of rotatable bonds is 7. The van der Waals surface area contributed by atoms with Gasteiger partial charge in [-0.05, 0) is 35.9 Å². The van der Waals surface area contributed by atoms with Crippen LogP contribution in [0.1, 0.15) is 21.7 Å². The van der Waals surface area contributed by atoms with Crippen LogP contribution < -0.4 is 5.32 Å². The summed E-state index contributed by atoms with van der Waals surface area (Å²) in [5, 5.41) is 12.5. The van der Waals surface area contributed by atoms with Crippen molar-refractivity contribution < 1.29 is 4.79 Å². The molecule has 0 aliphatic rings. The van der Waals surface area contributed by atoms with Crippen molar-refractivity contribution in [2.24, 2.45) is 0 Å². The second kappa shape index (κ2) is 9.51. The van der Waals surface area contributed by atoms with Crippen molar-refractivity contribution in [2.45, 2.75) is 17.5 Å². The molecule has 0 unspecified atom stereocenters. The molecule has 4 aromatic rings. The van der Waals surface area contributed by atoms with E-state index in [1.54, 1.807) is 35.3 Å². The van der Waals surface area contributed by atoms with Gasteiger partial charge in [0.05, 0.1) is 11.4 Å². The molecular formula is C21H17ClN6OS. The quantitative estimate of drug-likeness (QED) is 0.349. The lowest BCUT2D eigenvalue weighted by molar-refractivity contribution is 0.0945. The summed E-state index contributed by atoms with van der Waals surface area (Å²) < 4.78 is 1.67. The van der Waals surface area contributed by atoms with Crippen LogP contribution in [0.4, 0.5) is 0 Å². The van der Waals surface area contributed by atoms with E-state index in [4.69, 9.17) is 11.6 Å². The normalized spacial score (nSPS) is 10.7. The lowest BCUT2D eigenvalue weighted by atomic mass is 10.2. The Kier molecular flexibility index (Phi) is 6.36. The van der Waals surface area contributed by atoms with Gasteiger partial charge in [0, 0.05) is 29.7 Å². The predicted molar refractivity (Wildman–Crippen MR) is 116 cm³/mol. The highest BCUT2D eigenvalue weighted by Crippen LogP contribution is 2.22. The summed E-state index contributed by atoms with van der Waals surface area (Å²) >= 11 is 7.33. The fraction of sp³-hybridized carbons (Fsp3) is 0.0952. The van der Waals surface area contributed by atoms with Crippen molar-refractivity contribution in [2.75, 3.05) is 0 Å². The number of benzene rings is 2. The van der Waals surface area contributed by atoms with E-state index in [0.717, 1.165) is 11.3 Å². The van der Waals surface area contributed by atoms with Crippen molar-refractivity contribution in [3.05, 3.63) is 95.0 Å². The van der Waals surface area contributed by atoms with E-state index in [9.17, 15) is 4.79 Å². The zero-order chi connectivity index (χ0) is 20.8. The largest absolute Gasteiger partial charge is 0.347 e. The zero-order valence-electron chi connectivity index (χ0n) is 15.8. The maximum Gasteiger partial charge on any atom is 0.274 e. The number of carbonyl (C=O) groups is 1. The number of halogens is 1. The van der Waals surface area contributed by atoms with E-state index in [0.29, 0.717) is 28.2 Å². The van der Waals surface area contributed by atoms with Gasteiger partial charge in [-0.2, -0.15) is 0 Å². The topological polar surface area (TPSA) is 85.6 Å². The van der Waals surface area contributed by atoms with Crippen LogP contribution in [-0.4, -0.2) is 30.9 Å². The number of hydrogen-bond donors (Lipinski definition) is 1. The SMILES string of the molecule is O=C(NCc1ccc(Cl)cc1)c1nnn(-c2ccccc2)c1CSc1ncccn1. The summed E-state index contributed by atoms with van der Waals surface area (Å²) in [5.41, 5.74) is 2.71. The molecule has 0 spiro atoms. The van der Waals surface area contributed by atoms with Crippen LogP contribution in [0.5, 0.6) is 0 Å². The third-order valence-electron chi connectivity index (χ3n) is 4.23. The molecule has 2 aromatic heterocycles. The Hall–Kier alpha value is -3.23. The first-order chi connectivity index (χ1) is 14.7. The Morgan fingerprint density at radius 1 is 1.00 bits per heavy atom. The zero-order valence-corrected chi connectivity index (χ0v) is 17.3. The van der Waals surface area contributed by atoms with Gasteiger partial charge in [0.15, 0.2) is 10.9 Å². The summed E-state index contributed by atoms with van der Waals surface area (Å²) in [6.07, 6.45) is 3.36. The number of nitrogens with one attached hydrogen (secondary N) is 1.